The van der Waals surface area contributed by atoms with Crippen LogP contribution in [0.1, 0.15) is 6.92 Å². The summed E-state index contributed by atoms with van der Waals surface area (Å²) in [6.45, 7) is 3.76. The van der Waals surface area contributed by atoms with Crippen molar-refractivity contribution in [2.45, 2.75) is 18.6 Å². The summed E-state index contributed by atoms with van der Waals surface area (Å²) in [6.07, 6.45) is 0. The van der Waals surface area contributed by atoms with Gasteiger partial charge in [0.15, 0.2) is 0 Å². The molecule has 54 valence electrons. The third-order valence-corrected chi connectivity index (χ3v) is 2.08. The molecule has 0 bridgehead atoms. The summed E-state index contributed by atoms with van der Waals surface area (Å²) < 4.78 is 5.25. The van der Waals surface area contributed by atoms with Gasteiger partial charge in [0.2, 0.25) is 0 Å². The van der Waals surface area contributed by atoms with Gasteiger partial charge in [-0.3, -0.25) is 0 Å². The van der Waals surface area contributed by atoms with E-state index in [1.165, 1.54) is 0 Å². The van der Waals surface area contributed by atoms with Crippen molar-refractivity contribution < 1.29 is 4.74 Å². The maximum atomic E-state index is 5.68. The van der Waals surface area contributed by atoms with Gasteiger partial charge in [0, 0.05) is 26.2 Å². The summed E-state index contributed by atoms with van der Waals surface area (Å²) in [5.41, 5.74) is 5.61. The summed E-state index contributed by atoms with van der Waals surface area (Å²) >= 11 is 0. The zero-order valence-electron chi connectivity index (χ0n) is 5.98. The minimum Gasteiger partial charge on any atom is -0.374 e. The lowest BCUT2D eigenvalue weighted by molar-refractivity contribution is -0.0656. The molecular weight excluding hydrogens is 116 g/mol. The molecule has 1 fully saturated rings. The molecule has 0 aromatic rings. The molecule has 0 radical (unpaired) electrons. The van der Waals surface area contributed by atoms with E-state index in [1.54, 1.807) is 7.11 Å². The van der Waals surface area contributed by atoms with E-state index in [1.807, 2.05) is 6.92 Å². The van der Waals surface area contributed by atoms with Gasteiger partial charge < -0.3 is 15.8 Å². The SMILES string of the molecule is COC1(C(C)N)CNC1. The first-order valence-electron chi connectivity index (χ1n) is 3.23. The Balaban J connectivity index is 2.46. The second-order valence-electron chi connectivity index (χ2n) is 2.66. The largest absolute Gasteiger partial charge is 0.374 e. The van der Waals surface area contributed by atoms with E-state index >= 15 is 0 Å². The molecule has 3 heteroatoms. The van der Waals surface area contributed by atoms with Gasteiger partial charge in [-0.2, -0.15) is 0 Å². The highest BCUT2D eigenvalue weighted by molar-refractivity contribution is 5.00. The van der Waals surface area contributed by atoms with E-state index in [0.29, 0.717) is 0 Å². The maximum absolute atomic E-state index is 5.68. The molecule has 1 heterocycles. The van der Waals surface area contributed by atoms with Crippen LogP contribution in [0.2, 0.25) is 0 Å². The van der Waals surface area contributed by atoms with E-state index < -0.39 is 0 Å². The Bertz CT molecular complexity index is 93.7. The van der Waals surface area contributed by atoms with Gasteiger partial charge in [-0.1, -0.05) is 0 Å². The number of hydrogen-bond donors (Lipinski definition) is 2. The summed E-state index contributed by atoms with van der Waals surface area (Å²) in [5, 5.41) is 3.13. The van der Waals surface area contributed by atoms with Gasteiger partial charge in [0.25, 0.3) is 0 Å². The van der Waals surface area contributed by atoms with Gasteiger partial charge >= 0.3 is 0 Å². The van der Waals surface area contributed by atoms with Crippen LogP contribution in [0.15, 0.2) is 0 Å². The molecule has 3 nitrogen and oxygen atoms in total. The Morgan fingerprint density at radius 3 is 2.22 bits per heavy atom. The van der Waals surface area contributed by atoms with Crippen LogP contribution in [0.5, 0.6) is 0 Å². The lowest BCUT2D eigenvalue weighted by atomic mass is 9.90. The highest BCUT2D eigenvalue weighted by Crippen LogP contribution is 2.18. The van der Waals surface area contributed by atoms with Crippen LogP contribution < -0.4 is 11.1 Å². The van der Waals surface area contributed by atoms with Crippen molar-refractivity contribution >= 4 is 0 Å². The van der Waals surface area contributed by atoms with Crippen LogP contribution in [0, 0.1) is 0 Å². The summed E-state index contributed by atoms with van der Waals surface area (Å²) in [4.78, 5) is 0. The van der Waals surface area contributed by atoms with Gasteiger partial charge in [0.1, 0.15) is 5.60 Å². The molecule has 0 amide bonds. The Labute approximate surface area is 55.6 Å². The molecule has 1 aliphatic heterocycles. The molecule has 0 aliphatic carbocycles. The van der Waals surface area contributed by atoms with Crippen molar-refractivity contribution in [1.29, 1.82) is 0 Å². The number of nitrogens with one attached hydrogen (secondary N) is 1. The molecule has 1 atom stereocenters. The number of rotatable bonds is 2. The molecule has 1 rings (SSSR count). The Kier molecular flexibility index (Phi) is 1.75. The monoisotopic (exact) mass is 130 g/mol. The summed E-state index contributed by atoms with van der Waals surface area (Å²) in [7, 11) is 1.71. The average molecular weight is 130 g/mol. The predicted octanol–water partition coefficient (Wildman–Crippen LogP) is -0.678. The standard InChI is InChI=1S/C6H14N2O/c1-5(7)6(9-2)3-8-4-6/h5,8H,3-4,7H2,1-2H3. The second kappa shape index (κ2) is 2.25. The lowest BCUT2D eigenvalue weighted by Gasteiger charge is -2.44. The Morgan fingerprint density at radius 2 is 2.22 bits per heavy atom. The van der Waals surface area contributed by atoms with Crippen molar-refractivity contribution in [2.75, 3.05) is 20.2 Å². The third kappa shape index (κ3) is 0.956. The van der Waals surface area contributed by atoms with Crippen molar-refractivity contribution in [2.24, 2.45) is 5.73 Å². The summed E-state index contributed by atoms with van der Waals surface area (Å²) in [5.74, 6) is 0. The summed E-state index contributed by atoms with van der Waals surface area (Å²) in [6, 6.07) is 0.128. The lowest BCUT2D eigenvalue weighted by Crippen LogP contribution is -2.68. The van der Waals surface area contributed by atoms with Crippen molar-refractivity contribution in [1.82, 2.24) is 5.32 Å². The van der Waals surface area contributed by atoms with Crippen molar-refractivity contribution in [3.63, 3.8) is 0 Å². The molecule has 0 aromatic carbocycles. The fourth-order valence-corrected chi connectivity index (χ4v) is 1.02. The molecule has 0 spiro atoms. The first-order chi connectivity index (χ1) is 4.21. The number of hydrogen-bond acceptors (Lipinski definition) is 3. The highest BCUT2D eigenvalue weighted by Gasteiger charge is 2.40. The van der Waals surface area contributed by atoms with E-state index in [-0.39, 0.29) is 11.6 Å². The van der Waals surface area contributed by atoms with Crippen LogP contribution in [0.25, 0.3) is 0 Å². The highest BCUT2D eigenvalue weighted by atomic mass is 16.5. The number of ether oxygens (including phenoxy) is 1. The number of nitrogens with two attached hydrogens (primary N) is 1. The van der Waals surface area contributed by atoms with E-state index in [0.717, 1.165) is 13.1 Å². The first kappa shape index (κ1) is 6.99. The van der Waals surface area contributed by atoms with Crippen LogP contribution >= 0.6 is 0 Å². The van der Waals surface area contributed by atoms with Gasteiger partial charge in [0.05, 0.1) is 0 Å². The quantitative estimate of drug-likeness (QED) is 0.521. The minimum atomic E-state index is -0.0694. The minimum absolute atomic E-state index is 0.0694. The van der Waals surface area contributed by atoms with Crippen LogP contribution in [-0.4, -0.2) is 31.8 Å². The smallest absolute Gasteiger partial charge is 0.107 e. The van der Waals surface area contributed by atoms with Crippen LogP contribution in [-0.2, 0) is 4.74 Å². The van der Waals surface area contributed by atoms with Gasteiger partial charge in [-0.25, -0.2) is 0 Å². The fraction of sp³-hybridized carbons (Fsp3) is 1.00. The van der Waals surface area contributed by atoms with Crippen LogP contribution in [0.3, 0.4) is 0 Å². The molecule has 9 heavy (non-hydrogen) atoms. The number of methoxy groups -OCH3 is 1. The van der Waals surface area contributed by atoms with E-state index in [9.17, 15) is 0 Å². The average Bonchev–Trinajstić information content (AvgIpc) is 1.62. The first-order valence-corrected chi connectivity index (χ1v) is 3.23. The second-order valence-corrected chi connectivity index (χ2v) is 2.66. The molecule has 0 aromatic heterocycles. The predicted molar refractivity (Wildman–Crippen MR) is 36.3 cm³/mol. The van der Waals surface area contributed by atoms with Crippen LogP contribution in [0.4, 0.5) is 0 Å². The maximum Gasteiger partial charge on any atom is 0.107 e. The molecule has 1 aliphatic rings. The van der Waals surface area contributed by atoms with E-state index in [2.05, 4.69) is 5.32 Å². The normalized spacial score (nSPS) is 27.0. The Morgan fingerprint density at radius 1 is 1.67 bits per heavy atom. The van der Waals surface area contributed by atoms with Crippen molar-refractivity contribution in [3.8, 4) is 0 Å². The van der Waals surface area contributed by atoms with Gasteiger partial charge in [-0.15, -0.1) is 0 Å². The topological polar surface area (TPSA) is 47.3 Å². The molecular formula is C6H14N2O. The molecule has 0 saturated carbocycles. The molecule has 1 unspecified atom stereocenters. The van der Waals surface area contributed by atoms with E-state index in [4.69, 9.17) is 10.5 Å². The van der Waals surface area contributed by atoms with Gasteiger partial charge in [-0.05, 0) is 6.92 Å². The zero-order chi connectivity index (χ0) is 6.91. The molecule has 1 saturated heterocycles. The molecule has 3 N–H and O–H groups in total. The van der Waals surface area contributed by atoms with Crippen molar-refractivity contribution in [3.05, 3.63) is 0 Å². The third-order valence-electron chi connectivity index (χ3n) is 2.08. The Hall–Kier alpha value is -0.120. The zero-order valence-corrected chi connectivity index (χ0v) is 5.98. The fourth-order valence-electron chi connectivity index (χ4n) is 1.02.